The Kier molecular flexibility index (Phi) is 2.56. The SMILES string of the molecule is CC1C(C2C=CCC2)C(=O)N(C)[C@H]1Cl. The summed E-state index contributed by atoms with van der Waals surface area (Å²) in [5.74, 6) is 1.01. The Bertz CT molecular complexity index is 276. The van der Waals surface area contributed by atoms with Crippen molar-refractivity contribution in [2.24, 2.45) is 17.8 Å². The first-order valence-electron chi connectivity index (χ1n) is 5.20. The summed E-state index contributed by atoms with van der Waals surface area (Å²) < 4.78 is 0. The first-order chi connectivity index (χ1) is 6.63. The van der Waals surface area contributed by atoms with Crippen molar-refractivity contribution in [3.63, 3.8) is 0 Å². The highest BCUT2D eigenvalue weighted by Crippen LogP contribution is 2.40. The van der Waals surface area contributed by atoms with Gasteiger partial charge in [-0.25, -0.2) is 0 Å². The summed E-state index contributed by atoms with van der Waals surface area (Å²) in [5.41, 5.74) is -0.124. The zero-order valence-corrected chi connectivity index (χ0v) is 9.37. The van der Waals surface area contributed by atoms with E-state index in [1.165, 1.54) is 0 Å². The molecule has 1 aliphatic heterocycles. The van der Waals surface area contributed by atoms with Gasteiger partial charge in [0.15, 0.2) is 0 Å². The fourth-order valence-electron chi connectivity index (χ4n) is 2.63. The van der Waals surface area contributed by atoms with Crippen LogP contribution in [-0.4, -0.2) is 23.4 Å². The zero-order chi connectivity index (χ0) is 10.3. The average molecular weight is 214 g/mol. The average Bonchev–Trinajstić information content (AvgIpc) is 2.73. The largest absolute Gasteiger partial charge is 0.329 e. The Morgan fingerprint density at radius 1 is 1.57 bits per heavy atom. The van der Waals surface area contributed by atoms with Gasteiger partial charge in [-0.2, -0.15) is 0 Å². The van der Waals surface area contributed by atoms with Crippen molar-refractivity contribution < 1.29 is 4.79 Å². The number of halogens is 1. The minimum absolute atomic E-state index is 0.112. The van der Waals surface area contributed by atoms with Gasteiger partial charge in [0.1, 0.15) is 5.50 Å². The molecule has 14 heavy (non-hydrogen) atoms. The summed E-state index contributed by atoms with van der Waals surface area (Å²) in [6.45, 7) is 2.08. The normalized spacial score (nSPS) is 42.5. The van der Waals surface area contributed by atoms with Crippen LogP contribution in [0, 0.1) is 17.8 Å². The molecule has 0 saturated carbocycles. The van der Waals surface area contributed by atoms with E-state index < -0.39 is 0 Å². The quantitative estimate of drug-likeness (QED) is 0.372. The van der Waals surface area contributed by atoms with Gasteiger partial charge in [-0.3, -0.25) is 4.79 Å². The molecule has 0 aromatic carbocycles. The van der Waals surface area contributed by atoms with Crippen LogP contribution in [0.1, 0.15) is 19.8 Å². The molecule has 1 fully saturated rings. The molecule has 0 aromatic heterocycles. The van der Waals surface area contributed by atoms with Crippen LogP contribution in [0.25, 0.3) is 0 Å². The lowest BCUT2D eigenvalue weighted by Crippen LogP contribution is -2.27. The number of allylic oxidation sites excluding steroid dienone is 2. The Morgan fingerprint density at radius 3 is 2.71 bits per heavy atom. The van der Waals surface area contributed by atoms with E-state index in [-0.39, 0.29) is 23.2 Å². The number of likely N-dealkylation sites (tertiary alicyclic amines) is 1. The lowest BCUT2D eigenvalue weighted by molar-refractivity contribution is -0.131. The highest BCUT2D eigenvalue weighted by molar-refractivity contribution is 6.22. The molecule has 1 amide bonds. The summed E-state index contributed by atoms with van der Waals surface area (Å²) in [7, 11) is 1.80. The van der Waals surface area contributed by atoms with Crippen molar-refractivity contribution in [3.05, 3.63) is 12.2 Å². The van der Waals surface area contributed by atoms with E-state index in [4.69, 9.17) is 11.6 Å². The standard InChI is InChI=1S/C11H16ClNO/c1-7-9(8-5-3-4-6-8)11(14)13(2)10(7)12/h3,5,7-10H,4,6H2,1-2H3/t7?,8?,9?,10-/m1/s1. The molecule has 4 atom stereocenters. The van der Waals surface area contributed by atoms with Crippen molar-refractivity contribution in [1.82, 2.24) is 4.90 Å². The van der Waals surface area contributed by atoms with Gasteiger partial charge in [-0.1, -0.05) is 30.7 Å². The van der Waals surface area contributed by atoms with Crippen LogP contribution in [0.3, 0.4) is 0 Å². The molecule has 3 unspecified atom stereocenters. The Morgan fingerprint density at radius 2 is 2.29 bits per heavy atom. The molecule has 0 bridgehead atoms. The topological polar surface area (TPSA) is 20.3 Å². The first-order valence-corrected chi connectivity index (χ1v) is 5.64. The maximum Gasteiger partial charge on any atom is 0.227 e. The van der Waals surface area contributed by atoms with Gasteiger partial charge in [-0.05, 0) is 18.8 Å². The highest BCUT2D eigenvalue weighted by Gasteiger charge is 2.46. The van der Waals surface area contributed by atoms with Crippen LogP contribution in [0.2, 0.25) is 0 Å². The predicted octanol–water partition coefficient (Wildman–Crippen LogP) is 2.24. The van der Waals surface area contributed by atoms with E-state index in [1.807, 2.05) is 0 Å². The maximum atomic E-state index is 11.9. The van der Waals surface area contributed by atoms with Crippen LogP contribution >= 0.6 is 11.6 Å². The molecule has 0 N–H and O–H groups in total. The van der Waals surface area contributed by atoms with E-state index in [2.05, 4.69) is 19.1 Å². The molecule has 2 rings (SSSR count). The van der Waals surface area contributed by atoms with Gasteiger partial charge in [-0.15, -0.1) is 0 Å². The van der Waals surface area contributed by atoms with Gasteiger partial charge in [0, 0.05) is 13.0 Å². The summed E-state index contributed by atoms with van der Waals surface area (Å²) in [5, 5.41) is 0. The molecular weight excluding hydrogens is 198 g/mol. The van der Waals surface area contributed by atoms with Gasteiger partial charge < -0.3 is 4.90 Å². The third-order valence-electron chi connectivity index (χ3n) is 3.51. The minimum atomic E-state index is -0.124. The minimum Gasteiger partial charge on any atom is -0.329 e. The van der Waals surface area contributed by atoms with Crippen LogP contribution in [0.5, 0.6) is 0 Å². The number of nitrogens with zero attached hydrogens (tertiary/aromatic N) is 1. The molecule has 3 heteroatoms. The number of hydrogen-bond acceptors (Lipinski definition) is 1. The molecule has 1 saturated heterocycles. The van der Waals surface area contributed by atoms with E-state index in [1.54, 1.807) is 11.9 Å². The third-order valence-corrected chi connectivity index (χ3v) is 4.20. The van der Waals surface area contributed by atoms with Crippen molar-refractivity contribution in [3.8, 4) is 0 Å². The monoisotopic (exact) mass is 213 g/mol. The zero-order valence-electron chi connectivity index (χ0n) is 8.61. The van der Waals surface area contributed by atoms with Gasteiger partial charge in [0.05, 0.1) is 5.92 Å². The third kappa shape index (κ3) is 1.36. The number of carbonyl (C=O) groups excluding carboxylic acids is 1. The van der Waals surface area contributed by atoms with Gasteiger partial charge >= 0.3 is 0 Å². The number of hydrogen-bond donors (Lipinski definition) is 0. The van der Waals surface area contributed by atoms with Gasteiger partial charge in [0.25, 0.3) is 0 Å². The van der Waals surface area contributed by atoms with E-state index in [9.17, 15) is 4.79 Å². The van der Waals surface area contributed by atoms with Crippen molar-refractivity contribution in [2.75, 3.05) is 7.05 Å². The van der Waals surface area contributed by atoms with Gasteiger partial charge in [0.2, 0.25) is 5.91 Å². The molecule has 2 nitrogen and oxygen atoms in total. The molecule has 0 aromatic rings. The van der Waals surface area contributed by atoms with Crippen molar-refractivity contribution in [2.45, 2.75) is 25.3 Å². The highest BCUT2D eigenvalue weighted by atomic mass is 35.5. The summed E-state index contributed by atoms with van der Waals surface area (Å²) in [6, 6.07) is 0. The lowest BCUT2D eigenvalue weighted by atomic mass is 9.84. The number of carbonyl (C=O) groups is 1. The summed E-state index contributed by atoms with van der Waals surface area (Å²) in [6.07, 6.45) is 6.57. The first kappa shape index (κ1) is 10.0. The molecule has 1 aliphatic carbocycles. The second-order valence-corrected chi connectivity index (χ2v) is 4.82. The van der Waals surface area contributed by atoms with Crippen molar-refractivity contribution in [1.29, 1.82) is 0 Å². The van der Waals surface area contributed by atoms with Crippen molar-refractivity contribution >= 4 is 17.5 Å². The number of amides is 1. The molecular formula is C11H16ClNO. The molecule has 0 spiro atoms. The molecule has 0 radical (unpaired) electrons. The van der Waals surface area contributed by atoms with Crippen LogP contribution in [0.15, 0.2) is 12.2 Å². The Hall–Kier alpha value is -0.500. The summed E-state index contributed by atoms with van der Waals surface area (Å²) in [4.78, 5) is 13.6. The lowest BCUT2D eigenvalue weighted by Gasteiger charge is -2.18. The number of rotatable bonds is 1. The summed E-state index contributed by atoms with van der Waals surface area (Å²) >= 11 is 6.16. The second-order valence-electron chi connectivity index (χ2n) is 4.38. The van der Waals surface area contributed by atoms with Crippen LogP contribution in [0.4, 0.5) is 0 Å². The fraction of sp³-hybridized carbons (Fsp3) is 0.727. The molecule has 1 heterocycles. The number of alkyl halides is 1. The maximum absolute atomic E-state index is 11.9. The second kappa shape index (κ2) is 3.58. The van der Waals surface area contributed by atoms with Crippen LogP contribution in [-0.2, 0) is 4.79 Å². The smallest absolute Gasteiger partial charge is 0.227 e. The predicted molar refractivity (Wildman–Crippen MR) is 56.9 cm³/mol. The molecule has 78 valence electrons. The van der Waals surface area contributed by atoms with E-state index in [0.29, 0.717) is 5.92 Å². The van der Waals surface area contributed by atoms with E-state index >= 15 is 0 Å². The fourth-order valence-corrected chi connectivity index (χ4v) is 2.89. The van der Waals surface area contributed by atoms with Crippen LogP contribution < -0.4 is 0 Å². The molecule has 2 aliphatic rings. The Labute approximate surface area is 89.9 Å². The Balaban J connectivity index is 2.18. The van der Waals surface area contributed by atoms with E-state index in [0.717, 1.165) is 12.8 Å².